The molecule has 5 nitrogen and oxygen atoms in total. The molecular formula is C18H13BrN2O3. The number of nitrogens with zero attached hydrogens (tertiary/aromatic N) is 1. The van der Waals surface area contributed by atoms with Gasteiger partial charge in [-0.15, -0.1) is 0 Å². The normalized spacial score (nSPS) is 10.2. The summed E-state index contributed by atoms with van der Waals surface area (Å²) in [5, 5.41) is 11.5. The van der Waals surface area contributed by atoms with Crippen molar-refractivity contribution in [3.8, 4) is 6.07 Å². The summed E-state index contributed by atoms with van der Waals surface area (Å²) in [6.07, 6.45) is 2.84. The van der Waals surface area contributed by atoms with Gasteiger partial charge in [0, 0.05) is 10.5 Å². The van der Waals surface area contributed by atoms with Crippen molar-refractivity contribution in [2.24, 2.45) is 0 Å². The molecule has 2 aromatic rings. The summed E-state index contributed by atoms with van der Waals surface area (Å²) >= 11 is 3.34. The van der Waals surface area contributed by atoms with Crippen LogP contribution in [-0.4, -0.2) is 18.5 Å². The number of carbonyl (C=O) groups excluding carboxylic acids is 2. The number of hydrogen-bond acceptors (Lipinski definition) is 4. The van der Waals surface area contributed by atoms with Gasteiger partial charge in [0.05, 0.1) is 11.3 Å². The third-order valence-corrected chi connectivity index (χ3v) is 3.42. The number of hydrogen-bond donors (Lipinski definition) is 1. The lowest BCUT2D eigenvalue weighted by molar-refractivity contribution is -0.142. The van der Waals surface area contributed by atoms with E-state index < -0.39 is 18.5 Å². The van der Waals surface area contributed by atoms with Crippen LogP contribution in [0.2, 0.25) is 0 Å². The number of rotatable bonds is 5. The number of benzene rings is 2. The molecule has 24 heavy (non-hydrogen) atoms. The van der Waals surface area contributed by atoms with Gasteiger partial charge in [-0.3, -0.25) is 4.79 Å². The van der Waals surface area contributed by atoms with Gasteiger partial charge >= 0.3 is 5.97 Å². The fourth-order valence-electron chi connectivity index (χ4n) is 1.84. The van der Waals surface area contributed by atoms with Crippen LogP contribution in [0.5, 0.6) is 0 Å². The van der Waals surface area contributed by atoms with Crippen LogP contribution in [0.4, 0.5) is 5.69 Å². The first kappa shape index (κ1) is 17.4. The highest BCUT2D eigenvalue weighted by atomic mass is 79.9. The van der Waals surface area contributed by atoms with Crippen molar-refractivity contribution >= 4 is 39.6 Å². The lowest BCUT2D eigenvalue weighted by Gasteiger charge is -2.06. The van der Waals surface area contributed by atoms with Gasteiger partial charge in [-0.25, -0.2) is 4.79 Å². The van der Waals surface area contributed by atoms with E-state index in [0.29, 0.717) is 11.3 Å². The monoisotopic (exact) mass is 384 g/mol. The number of nitriles is 1. The van der Waals surface area contributed by atoms with Crippen LogP contribution >= 0.6 is 15.9 Å². The Hall–Kier alpha value is -2.91. The SMILES string of the molecule is N#Cc1ccccc1NC(=O)COC(=O)/C=C/c1cccc(Br)c1. The van der Waals surface area contributed by atoms with E-state index in [1.54, 1.807) is 30.3 Å². The van der Waals surface area contributed by atoms with Crippen LogP contribution in [0.25, 0.3) is 6.08 Å². The molecule has 0 unspecified atom stereocenters. The Bertz CT molecular complexity index is 825. The van der Waals surface area contributed by atoms with Gasteiger partial charge in [0.25, 0.3) is 5.91 Å². The van der Waals surface area contributed by atoms with Gasteiger partial charge in [0.2, 0.25) is 0 Å². The molecule has 0 saturated heterocycles. The molecule has 0 aliphatic heterocycles. The molecule has 0 saturated carbocycles. The number of amides is 1. The molecule has 6 heteroatoms. The van der Waals surface area contributed by atoms with Crippen LogP contribution in [0.15, 0.2) is 59.1 Å². The fraction of sp³-hybridized carbons (Fsp3) is 0.0556. The molecule has 1 amide bonds. The van der Waals surface area contributed by atoms with Crippen molar-refractivity contribution in [3.63, 3.8) is 0 Å². The largest absolute Gasteiger partial charge is 0.452 e. The van der Waals surface area contributed by atoms with Crippen LogP contribution in [0.3, 0.4) is 0 Å². The van der Waals surface area contributed by atoms with Gasteiger partial charge in [-0.2, -0.15) is 5.26 Å². The Labute approximate surface area is 147 Å². The summed E-state index contributed by atoms with van der Waals surface area (Å²) in [6.45, 7) is -0.429. The molecule has 0 atom stereocenters. The Kier molecular flexibility index (Phi) is 6.29. The second kappa shape index (κ2) is 8.65. The molecule has 0 bridgehead atoms. The molecule has 0 aliphatic rings. The van der Waals surface area contributed by atoms with E-state index in [0.717, 1.165) is 10.0 Å². The topological polar surface area (TPSA) is 79.2 Å². The predicted octanol–water partition coefficient (Wildman–Crippen LogP) is 3.52. The highest BCUT2D eigenvalue weighted by Crippen LogP contribution is 2.14. The van der Waals surface area contributed by atoms with Crippen molar-refractivity contribution in [1.29, 1.82) is 5.26 Å². The Morgan fingerprint density at radius 3 is 2.75 bits per heavy atom. The van der Waals surface area contributed by atoms with Crippen LogP contribution in [0, 0.1) is 11.3 Å². The van der Waals surface area contributed by atoms with E-state index in [1.165, 1.54) is 6.08 Å². The molecule has 2 rings (SSSR count). The number of nitrogens with one attached hydrogen (secondary N) is 1. The van der Waals surface area contributed by atoms with Crippen molar-refractivity contribution in [1.82, 2.24) is 0 Å². The fourth-order valence-corrected chi connectivity index (χ4v) is 2.25. The number of ether oxygens (including phenoxy) is 1. The highest BCUT2D eigenvalue weighted by molar-refractivity contribution is 9.10. The molecule has 0 fully saturated rings. The molecule has 0 radical (unpaired) electrons. The van der Waals surface area contributed by atoms with Crippen molar-refractivity contribution in [3.05, 3.63) is 70.2 Å². The molecule has 0 aliphatic carbocycles. The summed E-state index contributed by atoms with van der Waals surface area (Å²) in [7, 11) is 0. The highest BCUT2D eigenvalue weighted by Gasteiger charge is 2.08. The van der Waals surface area contributed by atoms with Crippen LogP contribution in [-0.2, 0) is 14.3 Å². The summed E-state index contributed by atoms with van der Waals surface area (Å²) in [6, 6.07) is 15.9. The maximum absolute atomic E-state index is 11.8. The third kappa shape index (κ3) is 5.38. The zero-order valence-electron chi connectivity index (χ0n) is 12.5. The van der Waals surface area contributed by atoms with E-state index in [-0.39, 0.29) is 0 Å². The molecule has 0 heterocycles. The van der Waals surface area contributed by atoms with Crippen LogP contribution in [0.1, 0.15) is 11.1 Å². The molecule has 2 aromatic carbocycles. The van der Waals surface area contributed by atoms with E-state index >= 15 is 0 Å². The minimum absolute atomic E-state index is 0.340. The number of carbonyl (C=O) groups is 2. The average Bonchev–Trinajstić information content (AvgIpc) is 2.58. The second-order valence-corrected chi connectivity index (χ2v) is 5.62. The summed E-state index contributed by atoms with van der Waals surface area (Å²) < 4.78 is 5.77. The predicted molar refractivity (Wildman–Crippen MR) is 93.9 cm³/mol. The van der Waals surface area contributed by atoms with Crippen LogP contribution < -0.4 is 5.32 Å². The first-order chi connectivity index (χ1) is 11.6. The minimum Gasteiger partial charge on any atom is -0.452 e. The lowest BCUT2D eigenvalue weighted by Crippen LogP contribution is -2.20. The summed E-state index contributed by atoms with van der Waals surface area (Å²) in [5.74, 6) is -1.14. The maximum Gasteiger partial charge on any atom is 0.331 e. The zero-order chi connectivity index (χ0) is 17.4. The quantitative estimate of drug-likeness (QED) is 0.631. The number of anilines is 1. The molecule has 0 spiro atoms. The maximum atomic E-state index is 11.8. The lowest BCUT2D eigenvalue weighted by atomic mass is 10.2. The van der Waals surface area contributed by atoms with Crippen molar-refractivity contribution in [2.75, 3.05) is 11.9 Å². The first-order valence-corrected chi connectivity index (χ1v) is 7.77. The van der Waals surface area contributed by atoms with Gasteiger partial charge in [-0.05, 0) is 35.9 Å². The van der Waals surface area contributed by atoms with Crippen molar-refractivity contribution in [2.45, 2.75) is 0 Å². The van der Waals surface area contributed by atoms with E-state index in [9.17, 15) is 9.59 Å². The standard InChI is InChI=1S/C18H13BrN2O3/c19-15-6-3-4-13(10-15)8-9-18(23)24-12-17(22)21-16-7-2-1-5-14(16)11-20/h1-10H,12H2,(H,21,22)/b9-8+. The Morgan fingerprint density at radius 2 is 2.00 bits per heavy atom. The zero-order valence-corrected chi connectivity index (χ0v) is 14.1. The summed E-state index contributed by atoms with van der Waals surface area (Å²) in [5.41, 5.74) is 1.55. The summed E-state index contributed by atoms with van der Waals surface area (Å²) in [4.78, 5) is 23.4. The Balaban J connectivity index is 1.85. The Morgan fingerprint density at radius 1 is 1.21 bits per heavy atom. The smallest absolute Gasteiger partial charge is 0.331 e. The molecule has 1 N–H and O–H groups in total. The minimum atomic E-state index is -0.626. The van der Waals surface area contributed by atoms with Gasteiger partial charge < -0.3 is 10.1 Å². The number of esters is 1. The van der Waals surface area contributed by atoms with Gasteiger partial charge in [-0.1, -0.05) is 40.2 Å². The number of halogens is 1. The molecule has 120 valence electrons. The van der Waals surface area contributed by atoms with E-state index in [4.69, 9.17) is 10.00 Å². The van der Waals surface area contributed by atoms with Gasteiger partial charge in [0.15, 0.2) is 6.61 Å². The van der Waals surface area contributed by atoms with Gasteiger partial charge in [0.1, 0.15) is 6.07 Å². The van der Waals surface area contributed by atoms with E-state index in [2.05, 4.69) is 21.2 Å². The average molecular weight is 385 g/mol. The third-order valence-electron chi connectivity index (χ3n) is 2.93. The second-order valence-electron chi connectivity index (χ2n) is 4.70. The molecule has 0 aromatic heterocycles. The number of para-hydroxylation sites is 1. The molecular weight excluding hydrogens is 372 g/mol. The van der Waals surface area contributed by atoms with E-state index in [1.807, 2.05) is 30.3 Å². The van der Waals surface area contributed by atoms with Crippen molar-refractivity contribution < 1.29 is 14.3 Å². The first-order valence-electron chi connectivity index (χ1n) is 6.98.